The van der Waals surface area contributed by atoms with Crippen molar-refractivity contribution in [3.05, 3.63) is 23.7 Å². The summed E-state index contributed by atoms with van der Waals surface area (Å²) in [7, 11) is 0. The molecule has 0 aliphatic carbocycles. The number of nitrogens with two attached hydrogens (primary N) is 1. The average molecular weight is 278 g/mol. The maximum atomic E-state index is 6.03. The van der Waals surface area contributed by atoms with Crippen LogP contribution in [0.4, 0.5) is 0 Å². The summed E-state index contributed by atoms with van der Waals surface area (Å²) in [6.45, 7) is 7.38. The Morgan fingerprint density at radius 2 is 2.15 bits per heavy atom. The first-order valence-electron chi connectivity index (χ1n) is 8.31. The Morgan fingerprint density at radius 1 is 1.30 bits per heavy atom. The number of nitrogens with zero attached hydrogens (tertiary/aromatic N) is 1. The first-order chi connectivity index (χ1) is 9.78. The third-order valence-corrected chi connectivity index (χ3v) is 4.60. The van der Waals surface area contributed by atoms with E-state index in [1.807, 2.05) is 0 Å². The Hall–Kier alpha value is -0.800. The second-order valence-electron chi connectivity index (χ2n) is 6.03. The Balaban J connectivity index is 2.00. The van der Waals surface area contributed by atoms with Crippen molar-refractivity contribution in [2.75, 3.05) is 19.6 Å². The predicted octanol–water partition coefficient (Wildman–Crippen LogP) is 3.74. The van der Waals surface area contributed by atoms with Crippen molar-refractivity contribution in [3.8, 4) is 0 Å². The zero-order valence-corrected chi connectivity index (χ0v) is 13.1. The maximum absolute atomic E-state index is 6.03. The lowest BCUT2D eigenvalue weighted by molar-refractivity contribution is 0.181. The summed E-state index contributed by atoms with van der Waals surface area (Å²) in [5.74, 6) is 3.03. The van der Waals surface area contributed by atoms with Crippen LogP contribution in [0.5, 0.6) is 0 Å². The van der Waals surface area contributed by atoms with Gasteiger partial charge in [0.15, 0.2) is 0 Å². The third-order valence-electron chi connectivity index (χ3n) is 4.60. The van der Waals surface area contributed by atoms with Gasteiger partial charge in [-0.05, 0) is 50.4 Å². The van der Waals surface area contributed by atoms with Crippen molar-refractivity contribution in [3.63, 3.8) is 0 Å². The Bertz CT molecular complexity index is 388. The Labute approximate surface area is 123 Å². The molecule has 1 saturated heterocycles. The number of hydrogen-bond donors (Lipinski definition) is 1. The van der Waals surface area contributed by atoms with E-state index in [0.29, 0.717) is 6.54 Å². The van der Waals surface area contributed by atoms with Gasteiger partial charge in [-0.1, -0.05) is 26.7 Å². The molecule has 1 aliphatic rings. The first kappa shape index (κ1) is 15.6. The Kier molecular flexibility index (Phi) is 6.11. The lowest BCUT2D eigenvalue weighted by Crippen LogP contribution is -2.34. The molecule has 2 unspecified atom stereocenters. The van der Waals surface area contributed by atoms with E-state index in [9.17, 15) is 0 Å². The van der Waals surface area contributed by atoms with Gasteiger partial charge in [0.1, 0.15) is 11.5 Å². The van der Waals surface area contributed by atoms with E-state index in [4.69, 9.17) is 10.2 Å². The van der Waals surface area contributed by atoms with Crippen LogP contribution in [0.1, 0.15) is 63.5 Å². The molecule has 1 aliphatic heterocycles. The standard InChI is InChI=1S/C17H30N2O/c1-3-6-14-7-5-11-19(12-10-14)16(13-18)17-9-8-15(4-2)20-17/h8-9,14,16H,3-7,10-13,18H2,1-2H3. The molecule has 1 aromatic heterocycles. The molecule has 2 rings (SSSR count). The van der Waals surface area contributed by atoms with Crippen molar-refractivity contribution in [2.45, 2.75) is 58.4 Å². The predicted molar refractivity (Wildman–Crippen MR) is 83.7 cm³/mol. The lowest BCUT2D eigenvalue weighted by atomic mass is 9.96. The minimum absolute atomic E-state index is 0.260. The molecular weight excluding hydrogens is 248 g/mol. The van der Waals surface area contributed by atoms with E-state index in [-0.39, 0.29) is 6.04 Å². The van der Waals surface area contributed by atoms with Crippen LogP contribution in [0, 0.1) is 5.92 Å². The van der Waals surface area contributed by atoms with E-state index in [1.165, 1.54) is 32.1 Å². The van der Waals surface area contributed by atoms with Crippen LogP contribution in [0.3, 0.4) is 0 Å². The van der Waals surface area contributed by atoms with Gasteiger partial charge in [-0.15, -0.1) is 0 Å². The van der Waals surface area contributed by atoms with Crippen molar-refractivity contribution < 1.29 is 4.42 Å². The zero-order chi connectivity index (χ0) is 14.4. The number of furan rings is 1. The fourth-order valence-electron chi connectivity index (χ4n) is 3.40. The first-order valence-corrected chi connectivity index (χ1v) is 8.31. The van der Waals surface area contributed by atoms with E-state index >= 15 is 0 Å². The van der Waals surface area contributed by atoms with Crippen molar-refractivity contribution in [1.82, 2.24) is 4.90 Å². The molecule has 3 heteroatoms. The highest BCUT2D eigenvalue weighted by atomic mass is 16.3. The molecule has 1 fully saturated rings. The van der Waals surface area contributed by atoms with Gasteiger partial charge in [-0.25, -0.2) is 0 Å². The van der Waals surface area contributed by atoms with Crippen LogP contribution in [0.15, 0.2) is 16.5 Å². The van der Waals surface area contributed by atoms with Gasteiger partial charge in [0.05, 0.1) is 6.04 Å². The van der Waals surface area contributed by atoms with Gasteiger partial charge < -0.3 is 10.2 Å². The van der Waals surface area contributed by atoms with Crippen LogP contribution in [-0.2, 0) is 6.42 Å². The zero-order valence-electron chi connectivity index (χ0n) is 13.1. The molecule has 114 valence electrons. The number of rotatable bonds is 6. The molecule has 0 aromatic carbocycles. The van der Waals surface area contributed by atoms with E-state index < -0.39 is 0 Å². The second kappa shape index (κ2) is 7.84. The second-order valence-corrected chi connectivity index (χ2v) is 6.03. The fraction of sp³-hybridized carbons (Fsp3) is 0.765. The molecule has 20 heavy (non-hydrogen) atoms. The molecule has 2 N–H and O–H groups in total. The molecule has 0 radical (unpaired) electrons. The fourth-order valence-corrected chi connectivity index (χ4v) is 3.40. The van der Waals surface area contributed by atoms with Crippen LogP contribution >= 0.6 is 0 Å². The maximum Gasteiger partial charge on any atom is 0.122 e. The van der Waals surface area contributed by atoms with E-state index in [1.54, 1.807) is 0 Å². The number of likely N-dealkylation sites (tertiary alicyclic amines) is 1. The summed E-state index contributed by atoms with van der Waals surface area (Å²) in [4.78, 5) is 2.54. The lowest BCUT2D eigenvalue weighted by Gasteiger charge is -2.28. The van der Waals surface area contributed by atoms with Gasteiger partial charge in [-0.3, -0.25) is 4.90 Å². The molecule has 0 bridgehead atoms. The summed E-state index contributed by atoms with van der Waals surface area (Å²) < 4.78 is 5.93. The van der Waals surface area contributed by atoms with Crippen LogP contribution in [0.2, 0.25) is 0 Å². The van der Waals surface area contributed by atoms with Gasteiger partial charge >= 0.3 is 0 Å². The Morgan fingerprint density at radius 3 is 2.80 bits per heavy atom. The quantitative estimate of drug-likeness (QED) is 0.862. The van der Waals surface area contributed by atoms with Crippen molar-refractivity contribution in [2.24, 2.45) is 11.7 Å². The smallest absolute Gasteiger partial charge is 0.122 e. The molecule has 2 atom stereocenters. The molecule has 0 saturated carbocycles. The number of aryl methyl sites for hydroxylation is 1. The summed E-state index contributed by atoms with van der Waals surface area (Å²) in [6, 6.07) is 4.47. The summed E-state index contributed by atoms with van der Waals surface area (Å²) in [5.41, 5.74) is 6.03. The average Bonchev–Trinajstić information content (AvgIpc) is 2.82. The largest absolute Gasteiger partial charge is 0.464 e. The molecule has 1 aromatic rings. The monoisotopic (exact) mass is 278 g/mol. The summed E-state index contributed by atoms with van der Waals surface area (Å²) in [5, 5.41) is 0. The van der Waals surface area contributed by atoms with Gasteiger partial charge in [0, 0.05) is 13.0 Å². The number of hydrogen-bond acceptors (Lipinski definition) is 3. The van der Waals surface area contributed by atoms with Crippen LogP contribution < -0.4 is 5.73 Å². The van der Waals surface area contributed by atoms with Gasteiger partial charge in [0.25, 0.3) is 0 Å². The van der Waals surface area contributed by atoms with Crippen molar-refractivity contribution in [1.29, 1.82) is 0 Å². The minimum atomic E-state index is 0.260. The topological polar surface area (TPSA) is 42.4 Å². The van der Waals surface area contributed by atoms with Crippen LogP contribution in [0.25, 0.3) is 0 Å². The normalized spacial score (nSPS) is 22.6. The molecule has 3 nitrogen and oxygen atoms in total. The highest BCUT2D eigenvalue weighted by Crippen LogP contribution is 2.28. The van der Waals surface area contributed by atoms with Gasteiger partial charge in [-0.2, -0.15) is 0 Å². The summed E-state index contributed by atoms with van der Waals surface area (Å²) >= 11 is 0. The molecular formula is C17H30N2O. The van der Waals surface area contributed by atoms with Crippen LogP contribution in [-0.4, -0.2) is 24.5 Å². The van der Waals surface area contributed by atoms with E-state index in [0.717, 1.165) is 36.9 Å². The SMILES string of the molecule is CCCC1CCCN(C(CN)c2ccc(CC)o2)CC1. The highest BCUT2D eigenvalue weighted by molar-refractivity contribution is 5.11. The van der Waals surface area contributed by atoms with Crippen molar-refractivity contribution >= 4 is 0 Å². The summed E-state index contributed by atoms with van der Waals surface area (Å²) in [6.07, 6.45) is 7.62. The molecule has 0 spiro atoms. The van der Waals surface area contributed by atoms with Gasteiger partial charge in [0.2, 0.25) is 0 Å². The third kappa shape index (κ3) is 3.86. The molecule has 0 amide bonds. The van der Waals surface area contributed by atoms with E-state index in [2.05, 4.69) is 30.9 Å². The molecule has 2 heterocycles. The minimum Gasteiger partial charge on any atom is -0.464 e. The highest BCUT2D eigenvalue weighted by Gasteiger charge is 2.25.